The van der Waals surface area contributed by atoms with Gasteiger partial charge in [0.05, 0.1) is 10.5 Å². The van der Waals surface area contributed by atoms with E-state index in [9.17, 15) is 36.2 Å². The number of rotatable bonds is 6. The summed E-state index contributed by atoms with van der Waals surface area (Å²) >= 11 is 0. The van der Waals surface area contributed by atoms with Crippen LogP contribution in [0.25, 0.3) is 0 Å². The fourth-order valence-corrected chi connectivity index (χ4v) is 6.50. The first-order chi connectivity index (χ1) is 19.4. The summed E-state index contributed by atoms with van der Waals surface area (Å²) in [6, 6.07) is 6.64. The van der Waals surface area contributed by atoms with Crippen molar-refractivity contribution in [3.63, 3.8) is 0 Å². The molecule has 252 valence electrons. The quantitative estimate of drug-likeness (QED) is 0.135. The van der Waals surface area contributed by atoms with Crippen LogP contribution in [-0.4, -0.2) is 73.9 Å². The smallest absolute Gasteiger partial charge is 0.507 e. The van der Waals surface area contributed by atoms with E-state index in [1.807, 2.05) is 83.1 Å². The minimum Gasteiger partial charge on any atom is -0.507 e. The average molecular weight is 695 g/mol. The molecule has 0 fully saturated rings. The fraction of sp³-hybridized carbons (Fsp3) is 0.588. The Balaban J connectivity index is 0.000000842. The molecule has 2 unspecified atom stereocenters. The minimum absolute atomic E-state index is 0. The van der Waals surface area contributed by atoms with Crippen molar-refractivity contribution in [3.8, 4) is 11.5 Å². The van der Waals surface area contributed by atoms with Crippen LogP contribution in [0, 0.1) is 13.8 Å². The SMILES string of the molecule is [CH2-]CC(c1cc(C(C)(C)C)c(O)c(C(C)(C)C)c1)S(=O)(=O)O.[CH2-]CC(c1cc(C(C)(C)C)c(O)c(C(C)(C)C)c1)S(=O)(=O)O.[Ca+2]. The molecule has 8 nitrogen and oxygen atoms in total. The van der Waals surface area contributed by atoms with E-state index >= 15 is 0 Å². The number of hydrogen-bond donors (Lipinski definition) is 4. The third-order valence-corrected chi connectivity index (χ3v) is 9.94. The van der Waals surface area contributed by atoms with E-state index in [0.717, 1.165) is 0 Å². The van der Waals surface area contributed by atoms with E-state index in [-0.39, 0.29) is 83.7 Å². The van der Waals surface area contributed by atoms with E-state index in [1.54, 1.807) is 24.3 Å². The van der Waals surface area contributed by atoms with Gasteiger partial charge in [0.1, 0.15) is 11.5 Å². The molecule has 2 atom stereocenters. The summed E-state index contributed by atoms with van der Waals surface area (Å²) in [7, 11) is -8.50. The first-order valence-electron chi connectivity index (χ1n) is 14.7. The second-order valence-corrected chi connectivity index (χ2v) is 18.7. The van der Waals surface area contributed by atoms with Crippen molar-refractivity contribution >= 4 is 58.0 Å². The summed E-state index contributed by atoms with van der Waals surface area (Å²) in [6.45, 7) is 30.7. The molecule has 0 spiro atoms. The van der Waals surface area contributed by atoms with Gasteiger partial charge in [0, 0.05) is 0 Å². The Labute approximate surface area is 302 Å². The van der Waals surface area contributed by atoms with Gasteiger partial charge in [0.2, 0.25) is 0 Å². The van der Waals surface area contributed by atoms with Crippen LogP contribution >= 0.6 is 0 Å². The summed E-state index contributed by atoms with van der Waals surface area (Å²) in [4.78, 5) is 0. The van der Waals surface area contributed by atoms with E-state index in [1.165, 1.54) is 0 Å². The van der Waals surface area contributed by atoms with Gasteiger partial charge in [0.25, 0.3) is 20.2 Å². The van der Waals surface area contributed by atoms with Crippen molar-refractivity contribution in [2.75, 3.05) is 0 Å². The van der Waals surface area contributed by atoms with E-state index in [4.69, 9.17) is 0 Å². The van der Waals surface area contributed by atoms with Crippen LogP contribution in [0.5, 0.6) is 11.5 Å². The summed E-state index contributed by atoms with van der Waals surface area (Å²) in [5.41, 5.74) is 2.16. The molecule has 0 aromatic heterocycles. The molecule has 4 N–H and O–H groups in total. The molecule has 2 aromatic rings. The van der Waals surface area contributed by atoms with E-state index < -0.39 is 30.7 Å². The Hall–Kier alpha value is -0.880. The fourth-order valence-electron chi connectivity index (χ4n) is 4.95. The molecule has 0 aliphatic rings. The Bertz CT molecular complexity index is 1350. The Morgan fingerprint density at radius 2 is 0.711 bits per heavy atom. The normalized spacial score (nSPS) is 14.6. The molecular weight excluding hydrogens is 641 g/mol. The topological polar surface area (TPSA) is 149 Å². The van der Waals surface area contributed by atoms with Gasteiger partial charge in [-0.15, -0.1) is 0 Å². The molecule has 0 aliphatic heterocycles. The summed E-state index contributed by atoms with van der Waals surface area (Å²) in [5, 5.41) is 19.1. The zero-order valence-corrected chi connectivity index (χ0v) is 33.1. The van der Waals surface area contributed by atoms with Crippen molar-refractivity contribution in [1.82, 2.24) is 0 Å². The van der Waals surface area contributed by atoms with Crippen molar-refractivity contribution in [1.29, 1.82) is 0 Å². The Morgan fingerprint density at radius 1 is 0.533 bits per heavy atom. The van der Waals surface area contributed by atoms with Crippen LogP contribution in [0.2, 0.25) is 0 Å². The maximum absolute atomic E-state index is 11.6. The number of phenolic OH excluding ortho intramolecular Hbond substituents is 2. The maximum Gasteiger partial charge on any atom is 2.00 e. The molecule has 11 heteroatoms. The zero-order chi connectivity index (χ0) is 35.0. The van der Waals surface area contributed by atoms with Gasteiger partial charge in [-0.25, -0.2) is 0 Å². The molecule has 0 saturated carbocycles. The predicted molar refractivity (Wildman–Crippen MR) is 185 cm³/mol. The summed E-state index contributed by atoms with van der Waals surface area (Å²) in [5.74, 6) is 0.365. The number of benzene rings is 2. The predicted octanol–water partition coefficient (Wildman–Crippen LogP) is 7.90. The van der Waals surface area contributed by atoms with Gasteiger partial charge in [-0.3, -0.25) is 9.11 Å². The van der Waals surface area contributed by atoms with Crippen LogP contribution in [0.3, 0.4) is 0 Å². The molecule has 45 heavy (non-hydrogen) atoms. The van der Waals surface area contributed by atoms with E-state index in [0.29, 0.717) is 33.4 Å². The molecule has 0 bridgehead atoms. The molecule has 0 aliphatic carbocycles. The van der Waals surface area contributed by atoms with Crippen molar-refractivity contribution in [3.05, 3.63) is 71.5 Å². The molecule has 0 amide bonds. The summed E-state index contributed by atoms with van der Waals surface area (Å²) in [6.07, 6.45) is 0.0492. The first-order valence-corrected chi connectivity index (χ1v) is 17.7. The second-order valence-electron chi connectivity index (χ2n) is 15.5. The van der Waals surface area contributed by atoms with Crippen molar-refractivity contribution in [2.24, 2.45) is 0 Å². The van der Waals surface area contributed by atoms with Crippen LogP contribution in [0.4, 0.5) is 0 Å². The molecular formula is C34H54CaO8S2. The molecule has 0 heterocycles. The molecule has 2 rings (SSSR count). The Morgan fingerprint density at radius 3 is 0.822 bits per heavy atom. The second kappa shape index (κ2) is 15.1. The Kier molecular flexibility index (Phi) is 14.8. The van der Waals surface area contributed by atoms with Gasteiger partial charge < -0.3 is 24.1 Å². The largest absolute Gasteiger partial charge is 2.00 e. The monoisotopic (exact) mass is 694 g/mol. The third-order valence-electron chi connectivity index (χ3n) is 7.48. The summed E-state index contributed by atoms with van der Waals surface area (Å²) < 4.78 is 65.4. The van der Waals surface area contributed by atoms with Gasteiger partial charge >= 0.3 is 37.7 Å². The van der Waals surface area contributed by atoms with Crippen molar-refractivity contribution < 1.29 is 36.2 Å². The standard InChI is InChI=1S/2C17H27O4S.Ca/c2*1-8-14(22(19,20)21)11-9-12(16(2,3)4)15(18)13(10-11)17(5,6)7;/h2*9-10,14,18H,1,8H2,2-7H3,(H,19,20,21);/q2*-1;+2. The van der Waals surface area contributed by atoms with Gasteiger partial charge in [-0.2, -0.15) is 29.7 Å². The minimum atomic E-state index is -4.25. The first kappa shape index (κ1) is 44.1. The van der Waals surface area contributed by atoms with Crippen molar-refractivity contribution in [2.45, 2.75) is 128 Å². The molecule has 0 saturated heterocycles. The third kappa shape index (κ3) is 11.6. The average Bonchev–Trinajstić information content (AvgIpc) is 2.77. The molecule has 0 radical (unpaired) electrons. The zero-order valence-electron chi connectivity index (χ0n) is 29.2. The number of aromatic hydroxyl groups is 2. The number of phenols is 2. The van der Waals surface area contributed by atoms with Crippen LogP contribution in [-0.2, 0) is 41.9 Å². The number of hydrogen-bond acceptors (Lipinski definition) is 6. The maximum atomic E-state index is 11.6. The van der Waals surface area contributed by atoms with Gasteiger partial charge in [0.15, 0.2) is 0 Å². The molecule has 2 aromatic carbocycles. The van der Waals surface area contributed by atoms with Crippen LogP contribution in [0.1, 0.15) is 140 Å². The van der Waals surface area contributed by atoms with Gasteiger partial charge in [-0.1, -0.05) is 107 Å². The van der Waals surface area contributed by atoms with Crippen LogP contribution in [0.15, 0.2) is 24.3 Å². The van der Waals surface area contributed by atoms with E-state index in [2.05, 4.69) is 13.8 Å². The van der Waals surface area contributed by atoms with Gasteiger partial charge in [-0.05, 0) is 55.0 Å². The van der Waals surface area contributed by atoms with Crippen LogP contribution < -0.4 is 0 Å².